The zero-order valence-electron chi connectivity index (χ0n) is 6.68. The molecule has 0 bridgehead atoms. The summed E-state index contributed by atoms with van der Waals surface area (Å²) in [5.74, 6) is 0. The van der Waals surface area contributed by atoms with Crippen molar-refractivity contribution in [3.05, 3.63) is 28.5 Å². The highest BCUT2D eigenvalue weighted by Gasteiger charge is 1.92. The maximum Gasteiger partial charge on any atom is 0.0410 e. The largest absolute Gasteiger partial charge is 0.263 e. The average molecular weight is 214 g/mol. The van der Waals surface area contributed by atoms with Gasteiger partial charge in [0.2, 0.25) is 0 Å². The highest BCUT2D eigenvalue weighted by Crippen LogP contribution is 2.11. The van der Waals surface area contributed by atoms with Gasteiger partial charge in [-0.1, -0.05) is 13.3 Å². The summed E-state index contributed by atoms with van der Waals surface area (Å²) in [5, 5.41) is 0. The number of aryl methyl sites for hydroxylation is 1. The highest BCUT2D eigenvalue weighted by molar-refractivity contribution is 9.10. The second-order valence-corrected chi connectivity index (χ2v) is 3.53. The minimum atomic E-state index is 1.08. The number of hydrogen-bond acceptors (Lipinski definition) is 1. The van der Waals surface area contributed by atoms with Gasteiger partial charge in [-0.2, -0.15) is 0 Å². The summed E-state index contributed by atoms with van der Waals surface area (Å²) in [6.45, 7) is 2.20. The van der Waals surface area contributed by atoms with Crippen LogP contribution in [0.1, 0.15) is 25.3 Å². The molecule has 0 N–H and O–H groups in total. The molecule has 0 aromatic carbocycles. The average Bonchev–Trinajstić information content (AvgIpc) is 2.01. The van der Waals surface area contributed by atoms with Crippen LogP contribution in [0.3, 0.4) is 0 Å². The zero-order valence-corrected chi connectivity index (χ0v) is 8.26. The molecule has 1 heterocycles. The van der Waals surface area contributed by atoms with E-state index in [9.17, 15) is 0 Å². The van der Waals surface area contributed by atoms with Gasteiger partial charge in [0.25, 0.3) is 0 Å². The number of halogens is 1. The maximum atomic E-state index is 4.09. The second-order valence-electron chi connectivity index (χ2n) is 2.61. The molecule has 0 amide bonds. The number of unbranched alkanes of at least 4 members (excludes halogenated alkanes) is 1. The van der Waals surface area contributed by atoms with Gasteiger partial charge >= 0.3 is 0 Å². The van der Waals surface area contributed by atoms with Crippen molar-refractivity contribution in [2.75, 3.05) is 0 Å². The van der Waals surface area contributed by atoms with Crippen LogP contribution in [-0.2, 0) is 6.42 Å². The molecule has 0 aliphatic carbocycles. The third-order valence-electron chi connectivity index (χ3n) is 1.58. The first-order valence-electron chi connectivity index (χ1n) is 3.92. The lowest BCUT2D eigenvalue weighted by Crippen LogP contribution is -1.85. The highest BCUT2D eigenvalue weighted by atomic mass is 79.9. The monoisotopic (exact) mass is 213 g/mol. The summed E-state index contributed by atoms with van der Waals surface area (Å²) < 4.78 is 1.08. The Bertz CT molecular complexity index is 223. The Labute approximate surface area is 76.0 Å². The number of nitrogens with zero attached hydrogens (tertiary/aromatic N) is 1. The summed E-state index contributed by atoms with van der Waals surface area (Å²) in [6.07, 6.45) is 7.38. The standard InChI is InChI=1S/C9H12BrN/c1-2-3-4-8-5-9(10)7-11-6-8/h5-7H,2-4H2,1H3. The Kier molecular flexibility index (Phi) is 3.57. The van der Waals surface area contributed by atoms with Crippen molar-refractivity contribution in [3.63, 3.8) is 0 Å². The molecule has 2 heteroatoms. The van der Waals surface area contributed by atoms with Gasteiger partial charge in [-0.25, -0.2) is 0 Å². The zero-order chi connectivity index (χ0) is 8.10. The molecule has 1 aromatic rings. The van der Waals surface area contributed by atoms with E-state index < -0.39 is 0 Å². The first-order chi connectivity index (χ1) is 5.33. The molecular weight excluding hydrogens is 202 g/mol. The van der Waals surface area contributed by atoms with Crippen molar-refractivity contribution < 1.29 is 0 Å². The van der Waals surface area contributed by atoms with Crippen molar-refractivity contribution in [1.29, 1.82) is 0 Å². The van der Waals surface area contributed by atoms with Crippen LogP contribution in [0.4, 0.5) is 0 Å². The molecule has 60 valence electrons. The summed E-state index contributed by atoms with van der Waals surface area (Å²) >= 11 is 3.39. The third kappa shape index (κ3) is 3.02. The lowest BCUT2D eigenvalue weighted by molar-refractivity contribution is 0.791. The van der Waals surface area contributed by atoms with Crippen molar-refractivity contribution in [2.45, 2.75) is 26.2 Å². The molecular formula is C9H12BrN. The minimum absolute atomic E-state index is 1.08. The first kappa shape index (κ1) is 8.72. The maximum absolute atomic E-state index is 4.09. The molecule has 0 saturated carbocycles. The van der Waals surface area contributed by atoms with E-state index in [1.165, 1.54) is 18.4 Å². The number of rotatable bonds is 3. The molecule has 11 heavy (non-hydrogen) atoms. The Morgan fingerprint density at radius 3 is 2.91 bits per heavy atom. The second kappa shape index (κ2) is 4.50. The fourth-order valence-electron chi connectivity index (χ4n) is 0.973. The van der Waals surface area contributed by atoms with Crippen molar-refractivity contribution >= 4 is 15.9 Å². The topological polar surface area (TPSA) is 12.9 Å². The molecule has 1 nitrogen and oxygen atoms in total. The molecule has 0 aliphatic rings. The molecule has 1 rings (SSSR count). The van der Waals surface area contributed by atoms with E-state index >= 15 is 0 Å². The molecule has 0 radical (unpaired) electrons. The first-order valence-corrected chi connectivity index (χ1v) is 4.71. The minimum Gasteiger partial charge on any atom is -0.263 e. The predicted molar refractivity (Wildman–Crippen MR) is 50.5 cm³/mol. The van der Waals surface area contributed by atoms with Crippen molar-refractivity contribution in [1.82, 2.24) is 4.98 Å². The van der Waals surface area contributed by atoms with E-state index in [-0.39, 0.29) is 0 Å². The molecule has 0 saturated heterocycles. The van der Waals surface area contributed by atoms with Crippen LogP contribution in [0.15, 0.2) is 22.9 Å². The van der Waals surface area contributed by atoms with Gasteiger partial charge < -0.3 is 0 Å². The normalized spacial score (nSPS) is 10.0. The van der Waals surface area contributed by atoms with Crippen LogP contribution in [-0.4, -0.2) is 4.98 Å². The van der Waals surface area contributed by atoms with Gasteiger partial charge in [0, 0.05) is 16.9 Å². The van der Waals surface area contributed by atoms with Gasteiger partial charge in [-0.15, -0.1) is 0 Å². The van der Waals surface area contributed by atoms with Crippen LogP contribution in [0.5, 0.6) is 0 Å². The van der Waals surface area contributed by atoms with Gasteiger partial charge in [0.1, 0.15) is 0 Å². The SMILES string of the molecule is CCCCc1cncc(Br)c1. The fraction of sp³-hybridized carbons (Fsp3) is 0.444. The van der Waals surface area contributed by atoms with Gasteiger partial charge in [0.15, 0.2) is 0 Å². The van der Waals surface area contributed by atoms with Gasteiger partial charge in [-0.05, 0) is 40.4 Å². The van der Waals surface area contributed by atoms with Crippen molar-refractivity contribution in [3.8, 4) is 0 Å². The summed E-state index contributed by atoms with van der Waals surface area (Å²) in [6, 6.07) is 2.13. The van der Waals surface area contributed by atoms with E-state index in [1.54, 1.807) is 0 Å². The summed E-state index contributed by atoms with van der Waals surface area (Å²) in [5.41, 5.74) is 1.32. The summed E-state index contributed by atoms with van der Waals surface area (Å²) in [4.78, 5) is 4.09. The molecule has 1 aromatic heterocycles. The lowest BCUT2D eigenvalue weighted by Gasteiger charge is -1.98. The summed E-state index contributed by atoms with van der Waals surface area (Å²) in [7, 11) is 0. The molecule has 0 atom stereocenters. The fourth-order valence-corrected chi connectivity index (χ4v) is 1.39. The van der Waals surface area contributed by atoms with E-state index in [1.807, 2.05) is 12.4 Å². The third-order valence-corrected chi connectivity index (χ3v) is 2.01. The van der Waals surface area contributed by atoms with E-state index in [4.69, 9.17) is 0 Å². The Morgan fingerprint density at radius 2 is 2.27 bits per heavy atom. The van der Waals surface area contributed by atoms with Crippen LogP contribution in [0.2, 0.25) is 0 Å². The number of pyridine rings is 1. The van der Waals surface area contributed by atoms with Crippen LogP contribution >= 0.6 is 15.9 Å². The van der Waals surface area contributed by atoms with Gasteiger partial charge in [-0.3, -0.25) is 4.98 Å². The Hall–Kier alpha value is -0.370. The number of hydrogen-bond donors (Lipinski definition) is 0. The quantitative estimate of drug-likeness (QED) is 0.752. The Balaban J connectivity index is 2.56. The molecule has 0 spiro atoms. The molecule has 0 aliphatic heterocycles. The van der Waals surface area contributed by atoms with E-state index in [0.29, 0.717) is 0 Å². The van der Waals surface area contributed by atoms with Crippen molar-refractivity contribution in [2.24, 2.45) is 0 Å². The van der Waals surface area contributed by atoms with E-state index in [2.05, 4.69) is 33.9 Å². The number of aromatic nitrogens is 1. The Morgan fingerprint density at radius 1 is 1.45 bits per heavy atom. The predicted octanol–water partition coefficient (Wildman–Crippen LogP) is 3.19. The molecule has 0 fully saturated rings. The van der Waals surface area contributed by atoms with Crippen LogP contribution in [0, 0.1) is 0 Å². The van der Waals surface area contributed by atoms with E-state index in [0.717, 1.165) is 10.9 Å². The van der Waals surface area contributed by atoms with Crippen LogP contribution < -0.4 is 0 Å². The van der Waals surface area contributed by atoms with Crippen LogP contribution in [0.25, 0.3) is 0 Å². The molecule has 0 unspecified atom stereocenters. The lowest BCUT2D eigenvalue weighted by atomic mass is 10.1. The smallest absolute Gasteiger partial charge is 0.0410 e. The van der Waals surface area contributed by atoms with Gasteiger partial charge in [0.05, 0.1) is 0 Å².